The van der Waals surface area contributed by atoms with Gasteiger partial charge in [-0.3, -0.25) is 9.69 Å². The van der Waals surface area contributed by atoms with Gasteiger partial charge in [-0.1, -0.05) is 0 Å². The first kappa shape index (κ1) is 36.6. The van der Waals surface area contributed by atoms with Crippen LogP contribution >= 0.6 is 0 Å². The van der Waals surface area contributed by atoms with E-state index in [1.165, 1.54) is 12.4 Å². The number of amides is 2. The number of likely N-dealkylation sites (tertiary alicyclic amines) is 1. The van der Waals surface area contributed by atoms with Crippen molar-refractivity contribution in [1.82, 2.24) is 19.9 Å². The van der Waals surface area contributed by atoms with Crippen LogP contribution in [-0.2, 0) is 21.5 Å². The Morgan fingerprint density at radius 2 is 1.73 bits per heavy atom. The van der Waals surface area contributed by atoms with Gasteiger partial charge in [0.2, 0.25) is 5.91 Å². The smallest absolute Gasteiger partial charge is 0.410 e. The zero-order valence-electron chi connectivity index (χ0n) is 31.1. The summed E-state index contributed by atoms with van der Waals surface area (Å²) in [6.07, 6.45) is 4.30. The van der Waals surface area contributed by atoms with Crippen LogP contribution in [0.1, 0.15) is 93.5 Å². The van der Waals surface area contributed by atoms with Crippen LogP contribution in [0.5, 0.6) is 11.5 Å². The van der Waals surface area contributed by atoms with Crippen molar-refractivity contribution in [3.05, 3.63) is 59.2 Å². The van der Waals surface area contributed by atoms with Gasteiger partial charge in [0.25, 0.3) is 0 Å². The maximum atomic E-state index is 14.0. The summed E-state index contributed by atoms with van der Waals surface area (Å²) in [6.45, 7) is 12.0. The number of fused-ring (bicyclic) bond motifs is 1. The van der Waals surface area contributed by atoms with Crippen LogP contribution < -0.4 is 24.6 Å². The summed E-state index contributed by atoms with van der Waals surface area (Å²) in [4.78, 5) is 58.5. The van der Waals surface area contributed by atoms with E-state index in [-0.39, 0.29) is 36.2 Å². The maximum Gasteiger partial charge on any atom is 0.410 e. The summed E-state index contributed by atoms with van der Waals surface area (Å²) < 4.78 is 16.6. The van der Waals surface area contributed by atoms with Crippen LogP contribution in [-0.4, -0.2) is 95.0 Å². The Kier molecular flexibility index (Phi) is 10.2. The van der Waals surface area contributed by atoms with Crippen LogP contribution in [0, 0.1) is 0 Å². The lowest BCUT2D eigenvalue weighted by atomic mass is 9.86. The highest BCUT2D eigenvalue weighted by Crippen LogP contribution is 2.47. The van der Waals surface area contributed by atoms with E-state index in [9.17, 15) is 19.5 Å². The molecule has 2 N–H and O–H groups in total. The maximum absolute atomic E-state index is 14.0. The number of carbonyl (C=O) groups is 3. The molecule has 278 valence electrons. The van der Waals surface area contributed by atoms with Gasteiger partial charge in [-0.15, -0.1) is 0 Å². The highest BCUT2D eigenvalue weighted by molar-refractivity contribution is 6.08. The van der Waals surface area contributed by atoms with Crippen LogP contribution in [0.15, 0.2) is 36.7 Å². The number of piperidine rings is 1. The molecule has 1 atom stereocenters. The molecule has 2 amide bonds. The van der Waals surface area contributed by atoms with E-state index in [2.05, 4.69) is 20.2 Å². The molecule has 2 saturated heterocycles. The average Bonchev–Trinajstić information content (AvgIpc) is 3.67. The molecule has 1 aromatic carbocycles. The minimum atomic E-state index is -1.09. The minimum absolute atomic E-state index is 0.0123. The Hall–Kier alpha value is -5.14. The van der Waals surface area contributed by atoms with Crippen molar-refractivity contribution in [3.63, 3.8) is 0 Å². The minimum Gasteiger partial charge on any atom is -0.497 e. The standard InChI is InChI=1S/C38H49N7O7/c1-37(2,3)52-36(49)44-16-8-9-25(44)20-39-27-12-13-28(34(46)47)42-31(27)23-14-17-43(18-15-23)32-30-33(41-22-40-32)45(35(48)38(30,4)5)21-24-10-11-26(50-6)19-29(24)51-7/h10-13,19,22-23,25,39H,8-9,14-18,20-21H2,1-7H3,(H,46,47)/t25-/m0/s1. The second kappa shape index (κ2) is 14.5. The first-order chi connectivity index (χ1) is 24.7. The third-order valence-corrected chi connectivity index (χ3v) is 10.1. The van der Waals surface area contributed by atoms with Gasteiger partial charge >= 0.3 is 12.1 Å². The third kappa shape index (κ3) is 7.28. The molecule has 5 heterocycles. The number of methoxy groups -OCH3 is 2. The predicted octanol–water partition coefficient (Wildman–Crippen LogP) is 5.61. The number of pyridine rings is 1. The number of benzene rings is 1. The third-order valence-electron chi connectivity index (χ3n) is 10.1. The number of rotatable bonds is 10. The summed E-state index contributed by atoms with van der Waals surface area (Å²) in [7, 11) is 3.19. The van der Waals surface area contributed by atoms with Crippen LogP contribution in [0.2, 0.25) is 0 Å². The number of aromatic carboxylic acids is 1. The summed E-state index contributed by atoms with van der Waals surface area (Å²) in [6, 6.07) is 8.77. The molecular formula is C38H49N7O7. The molecule has 52 heavy (non-hydrogen) atoms. The summed E-state index contributed by atoms with van der Waals surface area (Å²) >= 11 is 0. The summed E-state index contributed by atoms with van der Waals surface area (Å²) in [5.74, 6) is 1.40. The van der Waals surface area contributed by atoms with E-state index in [0.29, 0.717) is 62.0 Å². The van der Waals surface area contributed by atoms with E-state index in [0.717, 1.165) is 35.5 Å². The van der Waals surface area contributed by atoms with E-state index in [4.69, 9.17) is 19.2 Å². The van der Waals surface area contributed by atoms with E-state index in [1.54, 1.807) is 36.2 Å². The van der Waals surface area contributed by atoms with Gasteiger partial charge in [-0.25, -0.2) is 24.5 Å². The number of nitrogens with one attached hydrogen (secondary N) is 1. The number of ether oxygens (including phenoxy) is 3. The molecule has 6 rings (SSSR count). The fourth-order valence-corrected chi connectivity index (χ4v) is 7.47. The van der Waals surface area contributed by atoms with Gasteiger partial charge in [0.15, 0.2) is 0 Å². The fourth-order valence-electron chi connectivity index (χ4n) is 7.47. The Morgan fingerprint density at radius 3 is 2.40 bits per heavy atom. The number of carboxylic acids is 1. The van der Waals surface area contributed by atoms with Crippen molar-refractivity contribution < 1.29 is 33.7 Å². The number of carbonyl (C=O) groups excluding carboxylic acids is 2. The molecule has 0 unspecified atom stereocenters. The zero-order valence-corrected chi connectivity index (χ0v) is 31.1. The van der Waals surface area contributed by atoms with Gasteiger partial charge in [0.1, 0.15) is 40.8 Å². The first-order valence-electron chi connectivity index (χ1n) is 17.8. The highest BCUT2D eigenvalue weighted by atomic mass is 16.6. The molecule has 3 aromatic rings. The Bertz CT molecular complexity index is 1830. The number of carboxylic acid groups (broad SMARTS) is 1. The van der Waals surface area contributed by atoms with E-state index < -0.39 is 17.0 Å². The van der Waals surface area contributed by atoms with Crippen LogP contribution in [0.4, 0.5) is 22.1 Å². The number of hydrogen-bond acceptors (Lipinski definition) is 11. The first-order valence-corrected chi connectivity index (χ1v) is 17.8. The lowest BCUT2D eigenvalue weighted by molar-refractivity contribution is -0.122. The second-order valence-corrected chi connectivity index (χ2v) is 15.1. The topological polar surface area (TPSA) is 160 Å². The van der Waals surface area contributed by atoms with Gasteiger partial charge < -0.3 is 34.4 Å². The van der Waals surface area contributed by atoms with Gasteiger partial charge in [-0.05, 0) is 84.6 Å². The molecule has 0 radical (unpaired) electrons. The molecule has 3 aliphatic rings. The monoisotopic (exact) mass is 715 g/mol. The number of nitrogens with zero attached hydrogens (tertiary/aromatic N) is 6. The molecule has 0 saturated carbocycles. The summed E-state index contributed by atoms with van der Waals surface area (Å²) in [5.41, 5.74) is 1.60. The van der Waals surface area contributed by atoms with Crippen molar-refractivity contribution in [2.24, 2.45) is 0 Å². The van der Waals surface area contributed by atoms with Crippen molar-refractivity contribution in [2.45, 2.75) is 89.8 Å². The van der Waals surface area contributed by atoms with Crippen molar-refractivity contribution in [3.8, 4) is 11.5 Å². The quantitative estimate of drug-likeness (QED) is 0.268. The van der Waals surface area contributed by atoms with Crippen molar-refractivity contribution in [1.29, 1.82) is 0 Å². The van der Waals surface area contributed by atoms with Gasteiger partial charge in [0, 0.05) is 43.7 Å². The van der Waals surface area contributed by atoms with Gasteiger partial charge in [-0.2, -0.15) is 0 Å². The molecule has 2 aromatic heterocycles. The zero-order chi connectivity index (χ0) is 37.4. The van der Waals surface area contributed by atoms with Crippen molar-refractivity contribution >= 4 is 35.3 Å². The Morgan fingerprint density at radius 1 is 1.00 bits per heavy atom. The molecule has 0 bridgehead atoms. The Balaban J connectivity index is 1.20. The van der Waals surface area contributed by atoms with Gasteiger partial charge in [0.05, 0.1) is 49.2 Å². The second-order valence-electron chi connectivity index (χ2n) is 15.1. The van der Waals surface area contributed by atoms with Crippen LogP contribution in [0.25, 0.3) is 0 Å². The molecule has 0 spiro atoms. The largest absolute Gasteiger partial charge is 0.497 e. The van der Waals surface area contributed by atoms with Crippen molar-refractivity contribution in [2.75, 3.05) is 55.5 Å². The lowest BCUT2D eigenvalue weighted by Crippen LogP contribution is -2.42. The molecule has 3 aliphatic heterocycles. The molecule has 0 aliphatic carbocycles. The Labute approximate surface area is 304 Å². The van der Waals surface area contributed by atoms with E-state index in [1.807, 2.05) is 46.8 Å². The average molecular weight is 716 g/mol. The SMILES string of the molecule is COc1ccc(CN2C(=O)C(C)(C)c3c(N4CCC(c5nc(C(=O)O)ccc5NC[C@@H]5CCCN5C(=O)OC(C)(C)C)CC4)ncnc32)c(OC)c1. The number of hydrogen-bond donors (Lipinski definition) is 2. The molecule has 2 fully saturated rings. The molecular weight excluding hydrogens is 666 g/mol. The van der Waals surface area contributed by atoms with E-state index >= 15 is 0 Å². The predicted molar refractivity (Wildman–Crippen MR) is 196 cm³/mol. The number of anilines is 3. The van der Waals surface area contributed by atoms with Crippen LogP contribution in [0.3, 0.4) is 0 Å². The normalized spacial score (nSPS) is 18.7. The lowest BCUT2D eigenvalue weighted by Gasteiger charge is -2.35. The highest BCUT2D eigenvalue weighted by Gasteiger charge is 2.48. The summed E-state index contributed by atoms with van der Waals surface area (Å²) in [5, 5.41) is 13.3. The fraction of sp³-hybridized carbons (Fsp3) is 0.526. The molecule has 14 heteroatoms. The number of aromatic nitrogens is 3. The molecule has 14 nitrogen and oxygen atoms in total.